The zero-order chi connectivity index (χ0) is 33.0. The van der Waals surface area contributed by atoms with Crippen molar-refractivity contribution in [2.45, 2.75) is 22.7 Å². The summed E-state index contributed by atoms with van der Waals surface area (Å²) in [6.07, 6.45) is 11.6. The maximum absolute atomic E-state index is 10.8. The first-order valence-corrected chi connectivity index (χ1v) is 16.1. The molecule has 0 spiro atoms. The summed E-state index contributed by atoms with van der Waals surface area (Å²) >= 11 is 0. The molecule has 222 valence electrons. The van der Waals surface area contributed by atoms with Crippen LogP contribution in [0.3, 0.4) is 0 Å². The van der Waals surface area contributed by atoms with Crippen molar-refractivity contribution in [1.82, 2.24) is 4.98 Å². The van der Waals surface area contributed by atoms with E-state index in [4.69, 9.17) is 31.4 Å². The second kappa shape index (κ2) is 11.6. The summed E-state index contributed by atoms with van der Waals surface area (Å²) in [4.78, 5) is 6.45. The monoisotopic (exact) mass is 611 g/mol. The maximum Gasteiger partial charge on any atom is 0.0978 e. The predicted octanol–water partition coefficient (Wildman–Crippen LogP) is 6.76. The summed E-state index contributed by atoms with van der Waals surface area (Å²) < 4.78 is 0. The average Bonchev–Trinajstić information content (AvgIpc) is 3.51. The van der Waals surface area contributed by atoms with Gasteiger partial charge in [0.05, 0.1) is 48.9 Å². The van der Waals surface area contributed by atoms with E-state index in [1.54, 1.807) is 6.20 Å². The fraction of sp³-hybridized carbons (Fsp3) is 0.125. The normalized spacial score (nSPS) is 19.8. The lowest BCUT2D eigenvalue weighted by Gasteiger charge is -2.49. The van der Waals surface area contributed by atoms with E-state index in [0.717, 1.165) is 39.3 Å². The number of aliphatic hydroxyl groups is 1. The van der Waals surface area contributed by atoms with Gasteiger partial charge in [-0.25, -0.2) is 0 Å². The van der Waals surface area contributed by atoms with Crippen LogP contribution in [-0.4, -0.2) is 53.0 Å². The predicted molar refractivity (Wildman–Crippen MR) is 199 cm³/mol. The van der Waals surface area contributed by atoms with Crippen molar-refractivity contribution in [3.05, 3.63) is 174 Å². The summed E-state index contributed by atoms with van der Waals surface area (Å²) in [6, 6.07) is 37.4. The van der Waals surface area contributed by atoms with Crippen molar-refractivity contribution in [1.29, 1.82) is 0 Å². The Morgan fingerprint density at radius 2 is 1.35 bits per heavy atom. The lowest BCUT2D eigenvalue weighted by atomic mass is 9.34. The fourth-order valence-electron chi connectivity index (χ4n) is 7.53. The van der Waals surface area contributed by atoms with Gasteiger partial charge in [0.1, 0.15) is 0 Å². The molecule has 0 fully saturated rings. The summed E-state index contributed by atoms with van der Waals surface area (Å²) in [5, 5.41) is 9.87. The molecule has 8 radical (unpaired) electrons. The maximum atomic E-state index is 10.8. The molecule has 1 aromatic heterocycles. The molecular weight excluding hydrogens is 582 g/mol. The molecule has 3 unspecified atom stereocenters. The van der Waals surface area contributed by atoms with Gasteiger partial charge in [-0.15, -0.1) is 0 Å². The van der Waals surface area contributed by atoms with E-state index in [1.807, 2.05) is 47.5 Å². The van der Waals surface area contributed by atoms with Gasteiger partial charge in [-0.1, -0.05) is 114 Å². The van der Waals surface area contributed by atoms with E-state index >= 15 is 0 Å². The summed E-state index contributed by atoms with van der Waals surface area (Å²) in [5.74, 6) is -0.0652. The lowest BCUT2D eigenvalue weighted by Crippen LogP contribution is -2.57. The highest BCUT2D eigenvalue weighted by Crippen LogP contribution is 2.55. The number of nitrogens with one attached hydrogen (secondary N) is 1. The fourth-order valence-corrected chi connectivity index (χ4v) is 7.53. The molecule has 0 saturated heterocycles. The van der Waals surface area contributed by atoms with Crippen LogP contribution in [0.2, 0.25) is 5.21 Å². The van der Waals surface area contributed by atoms with Crippen LogP contribution in [0, 0.1) is 5.92 Å². The van der Waals surface area contributed by atoms with Crippen LogP contribution >= 0.6 is 0 Å². The Kier molecular flexibility index (Phi) is 7.38. The van der Waals surface area contributed by atoms with Crippen molar-refractivity contribution >= 4 is 54.0 Å². The Hall–Kier alpha value is -4.93. The number of anilines is 3. The highest BCUT2D eigenvalue weighted by Gasteiger charge is 2.47. The standard InChI is InChI=1S/C40H29B4N3O/c41-39(42,40(43,44)48)38-46-33-20-8-10-22-35(33)47(38)34-21-9-7-19-32(34)37-30-17-5-3-15-28(30)36(29-16-4-6-18-31(29)37)27-14-2-1-13-26(27)25-12-11-23-45-24-25/h1-24,30,37-38,46,48H. The van der Waals surface area contributed by atoms with Gasteiger partial charge in [-0.2, -0.15) is 0 Å². The second-order valence-corrected chi connectivity index (χ2v) is 12.7. The molecular formula is C40H29B4N3O. The van der Waals surface area contributed by atoms with E-state index in [0.29, 0.717) is 0 Å². The van der Waals surface area contributed by atoms with Crippen molar-refractivity contribution in [3.63, 3.8) is 0 Å². The minimum absolute atomic E-state index is 0.00807. The molecule has 2 N–H and O–H groups in total. The van der Waals surface area contributed by atoms with E-state index in [2.05, 4.69) is 107 Å². The molecule has 3 atom stereocenters. The number of rotatable bonds is 6. The Morgan fingerprint density at radius 3 is 2.10 bits per heavy atom. The summed E-state index contributed by atoms with van der Waals surface area (Å²) in [7, 11) is 25.2. The number of aromatic nitrogens is 1. The molecule has 2 aliphatic carbocycles. The topological polar surface area (TPSA) is 48.4 Å². The number of benzene rings is 4. The largest absolute Gasteiger partial charge is 0.410 e. The Balaban J connectivity index is 1.35. The highest BCUT2D eigenvalue weighted by atomic mass is 16.3. The van der Waals surface area contributed by atoms with Crippen LogP contribution in [0.1, 0.15) is 28.2 Å². The SMILES string of the molecule is [B]C([B])(O)C([B])([B])C1Nc2ccccc2N1c1ccccc1C1c2ccccc2C(c2ccccc2-c2cccnc2)=C2C=CC=CC21. The molecule has 4 aromatic carbocycles. The molecule has 4 nitrogen and oxygen atoms in total. The van der Waals surface area contributed by atoms with Gasteiger partial charge >= 0.3 is 0 Å². The van der Waals surface area contributed by atoms with E-state index in [1.165, 1.54) is 22.3 Å². The van der Waals surface area contributed by atoms with Crippen LogP contribution in [0.15, 0.2) is 151 Å². The van der Waals surface area contributed by atoms with Crippen molar-refractivity contribution in [2.75, 3.05) is 10.2 Å². The molecule has 5 aromatic rings. The van der Waals surface area contributed by atoms with Gasteiger partial charge < -0.3 is 15.3 Å². The Morgan fingerprint density at radius 1 is 0.688 bits per heavy atom. The summed E-state index contributed by atoms with van der Waals surface area (Å²) in [5.41, 5.74) is 11.8. The number of hydrogen-bond donors (Lipinski definition) is 2. The molecule has 2 heterocycles. The third-order valence-electron chi connectivity index (χ3n) is 9.84. The molecule has 0 saturated carbocycles. The zero-order valence-corrected chi connectivity index (χ0v) is 26.2. The third-order valence-corrected chi connectivity index (χ3v) is 9.84. The van der Waals surface area contributed by atoms with Crippen LogP contribution < -0.4 is 10.2 Å². The van der Waals surface area contributed by atoms with Crippen LogP contribution in [-0.2, 0) is 0 Å². The molecule has 8 heteroatoms. The number of allylic oxidation sites excluding steroid dienone is 5. The van der Waals surface area contributed by atoms with Gasteiger partial charge in [0.25, 0.3) is 0 Å². The number of nitrogens with zero attached hydrogens (tertiary/aromatic N) is 2. The molecule has 0 amide bonds. The molecule has 1 aliphatic heterocycles. The first-order chi connectivity index (χ1) is 23.3. The van der Waals surface area contributed by atoms with E-state index < -0.39 is 16.8 Å². The zero-order valence-electron chi connectivity index (χ0n) is 26.2. The third kappa shape index (κ3) is 4.81. The van der Waals surface area contributed by atoms with E-state index in [9.17, 15) is 5.11 Å². The van der Waals surface area contributed by atoms with Gasteiger partial charge in [0, 0.05) is 35.5 Å². The Bertz CT molecular complexity index is 2120. The van der Waals surface area contributed by atoms with Crippen molar-refractivity contribution in [3.8, 4) is 11.1 Å². The quantitative estimate of drug-likeness (QED) is 0.209. The smallest absolute Gasteiger partial charge is 0.0978 e. The molecule has 3 aliphatic rings. The Labute approximate surface area is 287 Å². The van der Waals surface area contributed by atoms with Crippen LogP contribution in [0.25, 0.3) is 16.7 Å². The van der Waals surface area contributed by atoms with Crippen LogP contribution in [0.5, 0.6) is 0 Å². The number of hydrogen-bond acceptors (Lipinski definition) is 4. The summed E-state index contributed by atoms with van der Waals surface area (Å²) in [6.45, 7) is 0. The first kappa shape index (κ1) is 30.4. The lowest BCUT2D eigenvalue weighted by molar-refractivity contribution is 0.181. The van der Waals surface area contributed by atoms with Crippen LogP contribution in [0.4, 0.5) is 17.1 Å². The van der Waals surface area contributed by atoms with Gasteiger partial charge in [-0.3, -0.25) is 4.98 Å². The minimum atomic E-state index is -2.39. The number of pyridine rings is 1. The van der Waals surface area contributed by atoms with Crippen molar-refractivity contribution < 1.29 is 5.11 Å². The van der Waals surface area contributed by atoms with Gasteiger partial charge in [-0.05, 0) is 68.6 Å². The average molecular weight is 611 g/mol. The molecule has 48 heavy (non-hydrogen) atoms. The minimum Gasteiger partial charge on any atom is -0.410 e. The first-order valence-electron chi connectivity index (χ1n) is 16.1. The number of para-hydroxylation sites is 3. The molecule has 0 bridgehead atoms. The van der Waals surface area contributed by atoms with Gasteiger partial charge in [0.15, 0.2) is 0 Å². The van der Waals surface area contributed by atoms with E-state index in [-0.39, 0.29) is 11.8 Å². The molecule has 8 rings (SSSR count). The number of fused-ring (bicyclic) bond motifs is 3. The second-order valence-electron chi connectivity index (χ2n) is 12.7. The highest BCUT2D eigenvalue weighted by molar-refractivity contribution is 6.54. The van der Waals surface area contributed by atoms with Crippen molar-refractivity contribution in [2.24, 2.45) is 5.92 Å². The van der Waals surface area contributed by atoms with Gasteiger partial charge in [0.2, 0.25) is 0 Å².